The standard InChI is InChI=1S/C22H22N2O3S/c1-22(2,3)14-13-18-19(25)23-21(28)24(20(18)26)15-9-11-17(12-10-15)27-16-7-5-4-6-8-16/h4-14,26H,1-3H3,(H,23,25,28). The van der Waals surface area contributed by atoms with Gasteiger partial charge in [-0.15, -0.1) is 0 Å². The summed E-state index contributed by atoms with van der Waals surface area (Å²) in [5, 5.41) is 10.7. The van der Waals surface area contributed by atoms with Gasteiger partial charge in [0.25, 0.3) is 5.56 Å². The number of nitrogens with one attached hydrogen (secondary N) is 1. The first-order chi connectivity index (χ1) is 13.2. The molecular formula is C22H22N2O3S. The summed E-state index contributed by atoms with van der Waals surface area (Å²) in [5.74, 6) is 1.18. The summed E-state index contributed by atoms with van der Waals surface area (Å²) in [6, 6.07) is 16.5. The van der Waals surface area contributed by atoms with Crippen LogP contribution in [0, 0.1) is 10.2 Å². The van der Waals surface area contributed by atoms with Crippen molar-refractivity contribution in [2.24, 2.45) is 5.41 Å². The van der Waals surface area contributed by atoms with Gasteiger partial charge in [-0.1, -0.05) is 45.0 Å². The highest BCUT2D eigenvalue weighted by atomic mass is 32.1. The maximum Gasteiger partial charge on any atom is 0.262 e. The second-order valence-electron chi connectivity index (χ2n) is 7.44. The van der Waals surface area contributed by atoms with Crippen LogP contribution in [0.4, 0.5) is 0 Å². The fraction of sp³-hybridized carbons (Fsp3) is 0.182. The van der Waals surface area contributed by atoms with Gasteiger partial charge in [0.2, 0.25) is 5.88 Å². The van der Waals surface area contributed by atoms with Crippen LogP contribution in [0.3, 0.4) is 0 Å². The Morgan fingerprint density at radius 2 is 1.64 bits per heavy atom. The number of hydrogen-bond acceptors (Lipinski definition) is 4. The van der Waals surface area contributed by atoms with Crippen LogP contribution in [0.1, 0.15) is 26.3 Å². The van der Waals surface area contributed by atoms with Crippen LogP contribution in [0.15, 0.2) is 65.5 Å². The molecule has 0 radical (unpaired) electrons. The second-order valence-corrected chi connectivity index (χ2v) is 7.83. The molecule has 0 fully saturated rings. The van der Waals surface area contributed by atoms with Crippen LogP contribution in [-0.2, 0) is 0 Å². The van der Waals surface area contributed by atoms with Gasteiger partial charge < -0.3 is 9.84 Å². The maximum absolute atomic E-state index is 12.3. The van der Waals surface area contributed by atoms with E-state index in [9.17, 15) is 9.90 Å². The Balaban J connectivity index is 1.98. The number of ether oxygens (including phenoxy) is 1. The molecule has 1 heterocycles. The van der Waals surface area contributed by atoms with Crippen molar-refractivity contribution in [2.75, 3.05) is 0 Å². The Labute approximate surface area is 168 Å². The number of rotatable bonds is 4. The van der Waals surface area contributed by atoms with Crippen molar-refractivity contribution in [3.63, 3.8) is 0 Å². The van der Waals surface area contributed by atoms with E-state index >= 15 is 0 Å². The molecule has 0 atom stereocenters. The van der Waals surface area contributed by atoms with Crippen LogP contribution in [0.2, 0.25) is 0 Å². The third-order valence-electron chi connectivity index (χ3n) is 3.94. The summed E-state index contributed by atoms with van der Waals surface area (Å²) in [6.45, 7) is 6.03. The van der Waals surface area contributed by atoms with E-state index in [1.165, 1.54) is 4.57 Å². The zero-order valence-corrected chi connectivity index (χ0v) is 16.8. The van der Waals surface area contributed by atoms with Crippen LogP contribution in [0.5, 0.6) is 17.4 Å². The number of allylic oxidation sites excluding steroid dienone is 1. The molecule has 0 amide bonds. The number of nitrogens with zero attached hydrogens (tertiary/aromatic N) is 1. The Hall–Kier alpha value is -3.12. The Kier molecular flexibility index (Phi) is 5.51. The third kappa shape index (κ3) is 4.58. The Bertz CT molecular complexity index is 1110. The fourth-order valence-electron chi connectivity index (χ4n) is 2.55. The van der Waals surface area contributed by atoms with Crippen molar-refractivity contribution < 1.29 is 9.84 Å². The minimum Gasteiger partial charge on any atom is -0.494 e. The zero-order chi connectivity index (χ0) is 20.3. The van der Waals surface area contributed by atoms with Crippen LogP contribution >= 0.6 is 12.2 Å². The second kappa shape index (κ2) is 7.86. The molecule has 1 aromatic heterocycles. The number of aromatic amines is 1. The molecule has 0 bridgehead atoms. The third-order valence-corrected chi connectivity index (χ3v) is 4.23. The molecule has 0 saturated heterocycles. The summed E-state index contributed by atoms with van der Waals surface area (Å²) in [5.41, 5.74) is 0.216. The van der Waals surface area contributed by atoms with Gasteiger partial charge in [0, 0.05) is 0 Å². The summed E-state index contributed by atoms with van der Waals surface area (Å²) in [4.78, 5) is 14.9. The molecule has 0 aliphatic heterocycles. The molecule has 0 aliphatic rings. The van der Waals surface area contributed by atoms with Gasteiger partial charge in [-0.25, -0.2) is 0 Å². The van der Waals surface area contributed by atoms with Crippen molar-refractivity contribution in [3.8, 4) is 23.1 Å². The molecule has 0 saturated carbocycles. The van der Waals surface area contributed by atoms with Crippen molar-refractivity contribution in [3.05, 3.63) is 81.4 Å². The first-order valence-corrected chi connectivity index (χ1v) is 9.26. The first kappa shape index (κ1) is 19.6. The molecule has 2 N–H and O–H groups in total. The van der Waals surface area contributed by atoms with Crippen molar-refractivity contribution in [2.45, 2.75) is 20.8 Å². The van der Waals surface area contributed by atoms with E-state index in [1.807, 2.05) is 57.2 Å². The molecule has 2 aromatic carbocycles. The van der Waals surface area contributed by atoms with E-state index in [0.717, 1.165) is 5.75 Å². The lowest BCUT2D eigenvalue weighted by molar-refractivity contribution is 0.431. The molecule has 6 heteroatoms. The SMILES string of the molecule is CC(C)(C)C=Cc1c(O)n(-c2ccc(Oc3ccccc3)cc2)c(=S)[nH]c1=O. The summed E-state index contributed by atoms with van der Waals surface area (Å²) < 4.78 is 7.32. The number of para-hydroxylation sites is 1. The highest BCUT2D eigenvalue weighted by Crippen LogP contribution is 2.26. The van der Waals surface area contributed by atoms with E-state index in [-0.39, 0.29) is 21.6 Å². The van der Waals surface area contributed by atoms with Crippen LogP contribution in [0.25, 0.3) is 11.8 Å². The van der Waals surface area contributed by atoms with E-state index in [2.05, 4.69) is 4.98 Å². The molecule has 0 spiro atoms. The lowest BCUT2D eigenvalue weighted by atomic mass is 9.95. The number of aromatic hydroxyl groups is 1. The van der Waals surface area contributed by atoms with Crippen molar-refractivity contribution in [1.29, 1.82) is 0 Å². The van der Waals surface area contributed by atoms with Gasteiger partial charge in [0.15, 0.2) is 4.77 Å². The molecule has 3 rings (SSSR count). The van der Waals surface area contributed by atoms with E-state index in [0.29, 0.717) is 11.4 Å². The molecular weight excluding hydrogens is 372 g/mol. The molecule has 0 unspecified atom stereocenters. The molecule has 5 nitrogen and oxygen atoms in total. The predicted molar refractivity (Wildman–Crippen MR) is 114 cm³/mol. The molecule has 3 aromatic rings. The van der Waals surface area contributed by atoms with Crippen molar-refractivity contribution >= 4 is 18.3 Å². The van der Waals surface area contributed by atoms with Gasteiger partial charge in [0.1, 0.15) is 11.5 Å². The number of hydrogen-bond donors (Lipinski definition) is 2. The Morgan fingerprint density at radius 1 is 1.04 bits per heavy atom. The van der Waals surface area contributed by atoms with Gasteiger partial charge in [-0.2, -0.15) is 0 Å². The smallest absolute Gasteiger partial charge is 0.262 e. The normalized spacial score (nSPS) is 11.7. The quantitative estimate of drug-likeness (QED) is 0.577. The number of aromatic nitrogens is 2. The monoisotopic (exact) mass is 394 g/mol. The molecule has 0 aliphatic carbocycles. The number of benzene rings is 2. The van der Waals surface area contributed by atoms with E-state index in [1.54, 1.807) is 30.3 Å². The van der Waals surface area contributed by atoms with Crippen LogP contribution < -0.4 is 10.3 Å². The van der Waals surface area contributed by atoms with E-state index < -0.39 is 5.56 Å². The predicted octanol–water partition coefficient (Wildman–Crippen LogP) is 5.45. The molecule has 28 heavy (non-hydrogen) atoms. The van der Waals surface area contributed by atoms with Gasteiger partial charge in [-0.3, -0.25) is 14.3 Å². The average molecular weight is 394 g/mol. The largest absolute Gasteiger partial charge is 0.494 e. The Morgan fingerprint density at radius 3 is 2.25 bits per heavy atom. The topological polar surface area (TPSA) is 67.2 Å². The van der Waals surface area contributed by atoms with Crippen molar-refractivity contribution in [1.82, 2.24) is 9.55 Å². The lowest BCUT2D eigenvalue weighted by Crippen LogP contribution is -2.16. The summed E-state index contributed by atoms with van der Waals surface area (Å²) in [6.07, 6.45) is 3.48. The maximum atomic E-state index is 12.3. The zero-order valence-electron chi connectivity index (χ0n) is 16.0. The highest BCUT2D eigenvalue weighted by molar-refractivity contribution is 7.71. The highest BCUT2D eigenvalue weighted by Gasteiger charge is 2.13. The minimum absolute atomic E-state index is 0.118. The summed E-state index contributed by atoms with van der Waals surface area (Å²) in [7, 11) is 0. The first-order valence-electron chi connectivity index (χ1n) is 8.85. The fourth-order valence-corrected chi connectivity index (χ4v) is 2.83. The average Bonchev–Trinajstić information content (AvgIpc) is 2.62. The van der Waals surface area contributed by atoms with Crippen LogP contribution in [-0.4, -0.2) is 14.7 Å². The molecule has 144 valence electrons. The van der Waals surface area contributed by atoms with Gasteiger partial charge in [0.05, 0.1) is 11.3 Å². The van der Waals surface area contributed by atoms with E-state index in [4.69, 9.17) is 17.0 Å². The number of H-pyrrole nitrogens is 1. The summed E-state index contributed by atoms with van der Waals surface area (Å²) >= 11 is 5.26. The minimum atomic E-state index is -0.428. The van der Waals surface area contributed by atoms with Gasteiger partial charge in [-0.05, 0) is 60.1 Å². The van der Waals surface area contributed by atoms with Gasteiger partial charge >= 0.3 is 0 Å². The lowest BCUT2D eigenvalue weighted by Gasteiger charge is -2.14.